The van der Waals surface area contributed by atoms with Crippen molar-refractivity contribution in [3.63, 3.8) is 0 Å². The van der Waals surface area contributed by atoms with Gasteiger partial charge >= 0.3 is 0 Å². The summed E-state index contributed by atoms with van der Waals surface area (Å²) in [6.45, 7) is 9.23. The van der Waals surface area contributed by atoms with Gasteiger partial charge in [-0.05, 0) is 64.6 Å². The van der Waals surface area contributed by atoms with E-state index in [4.69, 9.17) is 14.6 Å². The van der Waals surface area contributed by atoms with Crippen LogP contribution in [0.4, 0.5) is 4.39 Å². The minimum atomic E-state index is -0.431. The lowest BCUT2D eigenvalue weighted by molar-refractivity contribution is 0.145. The van der Waals surface area contributed by atoms with E-state index in [2.05, 4.69) is 20.2 Å². The molecule has 2 atom stereocenters. The summed E-state index contributed by atoms with van der Waals surface area (Å²) >= 11 is 0. The molecular formula is C27H34FN7O3. The van der Waals surface area contributed by atoms with Gasteiger partial charge < -0.3 is 14.6 Å². The number of aliphatic hydroxyl groups is 1. The summed E-state index contributed by atoms with van der Waals surface area (Å²) in [4.78, 5) is 2.14. The first-order valence-electron chi connectivity index (χ1n) is 12.8. The summed E-state index contributed by atoms with van der Waals surface area (Å²) in [5.74, 6) is 0.627. The highest BCUT2D eigenvalue weighted by Crippen LogP contribution is 2.37. The maximum atomic E-state index is 15.3. The standard InChI is InChI=1S/C27H34FN7O3/c1-7-37-26-19-8-9-22-20-10-18(11-21(28)25(20)30-29-22)24-17(4)31-34(6)27(24)38-16(3)12-33(5)13-23(19)35(32-26)15(2)14-36/h8-11,15-16,36H,7,12-14H2,1-6H3,(H,29,30)/b9-8+. The highest BCUT2D eigenvalue weighted by Gasteiger charge is 2.25. The van der Waals surface area contributed by atoms with Crippen molar-refractivity contribution in [1.82, 2.24) is 34.7 Å². The molecule has 1 aliphatic rings. The van der Waals surface area contributed by atoms with Crippen molar-refractivity contribution in [2.75, 3.05) is 26.8 Å². The Hall–Kier alpha value is -3.70. The minimum Gasteiger partial charge on any atom is -0.476 e. The molecule has 2 bridgehead atoms. The molecule has 202 valence electrons. The summed E-state index contributed by atoms with van der Waals surface area (Å²) in [6.07, 6.45) is 3.58. The fourth-order valence-electron chi connectivity index (χ4n) is 5.09. The van der Waals surface area contributed by atoms with Crippen LogP contribution in [0.25, 0.3) is 34.2 Å². The number of halogens is 1. The van der Waals surface area contributed by atoms with Gasteiger partial charge in [0.05, 0.1) is 47.5 Å². The Kier molecular flexibility index (Phi) is 6.97. The Morgan fingerprint density at radius 3 is 2.79 bits per heavy atom. The summed E-state index contributed by atoms with van der Waals surface area (Å²) < 4.78 is 31.1. The number of aliphatic hydroxyl groups excluding tert-OH is 1. The second kappa shape index (κ2) is 10.2. The smallest absolute Gasteiger partial charge is 0.240 e. The summed E-state index contributed by atoms with van der Waals surface area (Å²) in [6, 6.07) is 3.14. The predicted octanol–water partition coefficient (Wildman–Crippen LogP) is 3.94. The molecular weight excluding hydrogens is 489 g/mol. The minimum absolute atomic E-state index is 0.0670. The number of ether oxygens (including phenoxy) is 2. The van der Waals surface area contributed by atoms with Gasteiger partial charge in [0.2, 0.25) is 11.8 Å². The van der Waals surface area contributed by atoms with Crippen LogP contribution >= 0.6 is 0 Å². The molecule has 11 heteroatoms. The van der Waals surface area contributed by atoms with Crippen LogP contribution in [0.1, 0.15) is 49.5 Å². The van der Waals surface area contributed by atoms with Gasteiger partial charge in [0, 0.05) is 25.5 Å². The van der Waals surface area contributed by atoms with Crippen molar-refractivity contribution in [3.8, 4) is 22.9 Å². The van der Waals surface area contributed by atoms with Gasteiger partial charge in [0.15, 0.2) is 5.82 Å². The van der Waals surface area contributed by atoms with E-state index in [0.717, 1.165) is 22.5 Å². The van der Waals surface area contributed by atoms with Crippen LogP contribution in [-0.2, 0) is 13.6 Å². The van der Waals surface area contributed by atoms with Gasteiger partial charge in [0.1, 0.15) is 11.6 Å². The van der Waals surface area contributed by atoms with E-state index in [1.807, 2.05) is 64.7 Å². The first-order valence-corrected chi connectivity index (χ1v) is 12.8. The normalized spacial score (nSPS) is 17.9. The van der Waals surface area contributed by atoms with E-state index in [9.17, 15) is 5.11 Å². The lowest BCUT2D eigenvalue weighted by atomic mass is 10.0. The largest absolute Gasteiger partial charge is 0.476 e. The van der Waals surface area contributed by atoms with Crippen LogP contribution in [0, 0.1) is 12.7 Å². The number of nitrogens with zero attached hydrogens (tertiary/aromatic N) is 6. The van der Waals surface area contributed by atoms with Gasteiger partial charge in [-0.1, -0.05) is 0 Å². The Morgan fingerprint density at radius 1 is 1.26 bits per heavy atom. The summed E-state index contributed by atoms with van der Waals surface area (Å²) in [7, 11) is 3.84. The number of fused-ring (bicyclic) bond motifs is 4. The molecule has 0 saturated carbocycles. The van der Waals surface area contributed by atoms with Crippen LogP contribution in [0.2, 0.25) is 0 Å². The number of aryl methyl sites for hydroxylation is 2. The number of likely N-dealkylation sites (N-methyl/N-ethyl adjacent to an activating group) is 1. The fraction of sp³-hybridized carbons (Fsp3) is 0.444. The first kappa shape index (κ1) is 25.9. The van der Waals surface area contributed by atoms with Gasteiger partial charge in [0.25, 0.3) is 0 Å². The number of benzene rings is 1. The van der Waals surface area contributed by atoms with E-state index in [1.54, 1.807) is 4.68 Å². The molecule has 0 radical (unpaired) electrons. The third-order valence-corrected chi connectivity index (χ3v) is 6.80. The lowest BCUT2D eigenvalue weighted by Gasteiger charge is -2.24. The molecule has 0 fully saturated rings. The summed E-state index contributed by atoms with van der Waals surface area (Å²) in [5.41, 5.74) is 4.76. The van der Waals surface area contributed by atoms with E-state index in [0.29, 0.717) is 48.1 Å². The van der Waals surface area contributed by atoms with Gasteiger partial charge in [-0.15, -0.1) is 5.10 Å². The van der Waals surface area contributed by atoms with Crippen molar-refractivity contribution in [1.29, 1.82) is 0 Å². The van der Waals surface area contributed by atoms with Crippen LogP contribution in [0.3, 0.4) is 0 Å². The van der Waals surface area contributed by atoms with Crippen molar-refractivity contribution in [3.05, 3.63) is 40.6 Å². The molecule has 4 aromatic rings. The topological polar surface area (TPSA) is 106 Å². The zero-order valence-electron chi connectivity index (χ0n) is 22.6. The van der Waals surface area contributed by atoms with Crippen molar-refractivity contribution < 1.29 is 19.0 Å². The molecule has 0 spiro atoms. The second-order valence-corrected chi connectivity index (χ2v) is 9.91. The third-order valence-electron chi connectivity index (χ3n) is 6.80. The van der Waals surface area contributed by atoms with E-state index < -0.39 is 5.82 Å². The zero-order valence-corrected chi connectivity index (χ0v) is 22.6. The number of H-pyrrole nitrogens is 1. The highest BCUT2D eigenvalue weighted by atomic mass is 19.1. The Bertz CT molecular complexity index is 1500. The monoisotopic (exact) mass is 523 g/mol. The van der Waals surface area contributed by atoms with Crippen molar-refractivity contribution in [2.24, 2.45) is 7.05 Å². The number of rotatable bonds is 4. The summed E-state index contributed by atoms with van der Waals surface area (Å²) in [5, 5.41) is 27.1. The third kappa shape index (κ3) is 4.56. The van der Waals surface area contributed by atoms with Gasteiger partial charge in [-0.2, -0.15) is 10.2 Å². The average Bonchev–Trinajstić information content (AvgIpc) is 3.51. The molecule has 3 aromatic heterocycles. The molecule has 5 rings (SSSR count). The number of aromatic nitrogens is 6. The van der Waals surface area contributed by atoms with Crippen LogP contribution in [-0.4, -0.2) is 72.7 Å². The number of hydrogen-bond acceptors (Lipinski definition) is 7. The van der Waals surface area contributed by atoms with Crippen LogP contribution in [0.15, 0.2) is 12.1 Å². The molecule has 1 aromatic carbocycles. The Morgan fingerprint density at radius 2 is 2.05 bits per heavy atom. The molecule has 4 heterocycles. The second-order valence-electron chi connectivity index (χ2n) is 9.91. The molecule has 0 amide bonds. The van der Waals surface area contributed by atoms with Crippen molar-refractivity contribution in [2.45, 2.75) is 46.4 Å². The fourth-order valence-corrected chi connectivity index (χ4v) is 5.09. The molecule has 0 aliphatic carbocycles. The molecule has 2 N–H and O–H groups in total. The number of aromatic amines is 1. The lowest BCUT2D eigenvalue weighted by Crippen LogP contribution is -2.32. The molecule has 10 nitrogen and oxygen atoms in total. The van der Waals surface area contributed by atoms with Crippen LogP contribution < -0.4 is 9.47 Å². The van der Waals surface area contributed by atoms with E-state index >= 15 is 4.39 Å². The molecule has 2 unspecified atom stereocenters. The maximum absolute atomic E-state index is 15.3. The quantitative estimate of drug-likeness (QED) is 0.417. The Balaban J connectivity index is 1.75. The number of hydrogen-bond donors (Lipinski definition) is 2. The van der Waals surface area contributed by atoms with Gasteiger partial charge in [-0.3, -0.25) is 14.7 Å². The average molecular weight is 524 g/mol. The zero-order chi connectivity index (χ0) is 27.1. The highest BCUT2D eigenvalue weighted by molar-refractivity contribution is 5.94. The Labute approximate surface area is 220 Å². The predicted molar refractivity (Wildman–Crippen MR) is 144 cm³/mol. The maximum Gasteiger partial charge on any atom is 0.240 e. The van der Waals surface area contributed by atoms with E-state index in [1.165, 1.54) is 6.07 Å². The SMILES string of the molecule is CCOc1nn(C(C)CO)c2c1/C=C/c1[nH]nc3c(F)cc(cc13)-c1c(C)nn(C)c1OC(C)CN(C)C2. The molecule has 38 heavy (non-hydrogen) atoms. The first-order chi connectivity index (χ1) is 18.2. The number of nitrogens with one attached hydrogen (secondary N) is 1. The van der Waals surface area contributed by atoms with Crippen LogP contribution in [0.5, 0.6) is 11.8 Å². The molecule has 1 aliphatic heterocycles. The van der Waals surface area contributed by atoms with Crippen molar-refractivity contribution >= 4 is 23.1 Å². The van der Waals surface area contributed by atoms with E-state index in [-0.39, 0.29) is 24.3 Å². The van der Waals surface area contributed by atoms with Gasteiger partial charge in [-0.25, -0.2) is 9.07 Å². The molecule has 0 saturated heterocycles.